The number of carbonyl (C=O) groups is 2. The van der Waals surface area contributed by atoms with Crippen molar-refractivity contribution in [2.45, 2.75) is 13.3 Å². The molecule has 1 aliphatic heterocycles. The third kappa shape index (κ3) is 1.41. The topological polar surface area (TPSA) is 37.4 Å². The first-order valence-electron chi connectivity index (χ1n) is 4.56. The van der Waals surface area contributed by atoms with Gasteiger partial charge in [0.05, 0.1) is 11.8 Å². The van der Waals surface area contributed by atoms with Crippen LogP contribution in [0.2, 0.25) is 0 Å². The zero-order chi connectivity index (χ0) is 9.59. The molecular formula is C9H12BrNO2. The molecule has 0 aromatic rings. The Morgan fingerprint density at radius 2 is 2.00 bits per heavy atom. The van der Waals surface area contributed by atoms with Crippen LogP contribution in [-0.4, -0.2) is 28.6 Å². The predicted molar refractivity (Wildman–Crippen MR) is 51.3 cm³/mol. The zero-order valence-electron chi connectivity index (χ0n) is 7.50. The summed E-state index contributed by atoms with van der Waals surface area (Å²) in [6.07, 6.45) is 0.802. The summed E-state index contributed by atoms with van der Waals surface area (Å²) in [5.41, 5.74) is 0. The fraction of sp³-hybridized carbons (Fsp3) is 0.778. The number of likely N-dealkylation sites (tertiary alicyclic amines) is 1. The molecule has 3 nitrogen and oxygen atoms in total. The zero-order valence-corrected chi connectivity index (χ0v) is 9.08. The molecule has 1 heterocycles. The lowest BCUT2D eigenvalue weighted by molar-refractivity contribution is -0.141. The molecule has 1 saturated heterocycles. The third-order valence-corrected chi connectivity index (χ3v) is 3.82. The van der Waals surface area contributed by atoms with Gasteiger partial charge in [0.15, 0.2) is 0 Å². The van der Waals surface area contributed by atoms with Gasteiger partial charge in [0.1, 0.15) is 0 Å². The fourth-order valence-corrected chi connectivity index (χ4v) is 1.99. The second-order valence-corrected chi connectivity index (χ2v) is 4.64. The van der Waals surface area contributed by atoms with Crippen LogP contribution in [0.3, 0.4) is 0 Å². The van der Waals surface area contributed by atoms with Gasteiger partial charge in [-0.1, -0.05) is 22.9 Å². The minimum atomic E-state index is 0.0509. The highest BCUT2D eigenvalue weighted by molar-refractivity contribution is 9.09. The van der Waals surface area contributed by atoms with Gasteiger partial charge in [0.25, 0.3) is 0 Å². The van der Waals surface area contributed by atoms with E-state index >= 15 is 0 Å². The van der Waals surface area contributed by atoms with Crippen molar-refractivity contribution in [3.05, 3.63) is 0 Å². The summed E-state index contributed by atoms with van der Waals surface area (Å²) in [4.78, 5) is 24.4. The maximum atomic E-state index is 11.5. The first-order chi connectivity index (χ1) is 6.15. The molecule has 0 N–H and O–H groups in total. The molecule has 2 rings (SSSR count). The van der Waals surface area contributed by atoms with Crippen molar-refractivity contribution < 1.29 is 9.59 Å². The van der Waals surface area contributed by atoms with Crippen LogP contribution in [0.15, 0.2) is 0 Å². The lowest BCUT2D eigenvalue weighted by Crippen LogP contribution is -2.36. The molecule has 0 aromatic carbocycles. The molecule has 0 aromatic heterocycles. The minimum Gasteiger partial charge on any atom is -0.282 e. The Balaban J connectivity index is 2.00. The molecule has 2 aliphatic rings. The summed E-state index contributed by atoms with van der Waals surface area (Å²) in [6, 6.07) is 0. The van der Waals surface area contributed by atoms with Crippen molar-refractivity contribution in [2.24, 2.45) is 17.8 Å². The van der Waals surface area contributed by atoms with E-state index in [1.165, 1.54) is 4.90 Å². The van der Waals surface area contributed by atoms with E-state index in [2.05, 4.69) is 15.9 Å². The molecule has 3 unspecified atom stereocenters. The van der Waals surface area contributed by atoms with E-state index < -0.39 is 0 Å². The number of imide groups is 1. The van der Waals surface area contributed by atoms with Crippen LogP contribution in [0, 0.1) is 17.8 Å². The summed E-state index contributed by atoms with van der Waals surface area (Å²) < 4.78 is 0. The molecule has 0 bridgehead atoms. The molecule has 2 amide bonds. The van der Waals surface area contributed by atoms with E-state index in [0.717, 1.165) is 11.8 Å². The average Bonchev–Trinajstić information content (AvgIpc) is 2.86. The Bertz CT molecular complexity index is 246. The number of carbonyl (C=O) groups excluding carboxylic acids is 2. The first-order valence-corrected chi connectivity index (χ1v) is 5.68. The van der Waals surface area contributed by atoms with Crippen LogP contribution in [0.1, 0.15) is 13.3 Å². The number of fused-ring (bicyclic) bond motifs is 1. The van der Waals surface area contributed by atoms with Gasteiger partial charge in [-0.2, -0.15) is 0 Å². The van der Waals surface area contributed by atoms with Gasteiger partial charge in [0, 0.05) is 11.9 Å². The van der Waals surface area contributed by atoms with Gasteiger partial charge in [-0.3, -0.25) is 14.5 Å². The number of hydrogen-bond acceptors (Lipinski definition) is 2. The van der Waals surface area contributed by atoms with Gasteiger partial charge in [-0.05, 0) is 12.3 Å². The number of hydrogen-bond donors (Lipinski definition) is 0. The monoisotopic (exact) mass is 245 g/mol. The second kappa shape index (κ2) is 3.08. The number of alkyl halides is 1. The van der Waals surface area contributed by atoms with Crippen LogP contribution in [0.4, 0.5) is 0 Å². The smallest absolute Gasteiger partial charge is 0.233 e. The van der Waals surface area contributed by atoms with Gasteiger partial charge < -0.3 is 0 Å². The molecular weight excluding hydrogens is 234 g/mol. The van der Waals surface area contributed by atoms with Gasteiger partial charge >= 0.3 is 0 Å². The van der Waals surface area contributed by atoms with E-state index in [1.807, 2.05) is 6.92 Å². The van der Waals surface area contributed by atoms with E-state index in [9.17, 15) is 9.59 Å². The van der Waals surface area contributed by atoms with Crippen molar-refractivity contribution in [3.8, 4) is 0 Å². The van der Waals surface area contributed by atoms with Crippen LogP contribution < -0.4 is 0 Å². The molecule has 0 spiro atoms. The van der Waals surface area contributed by atoms with Gasteiger partial charge in [-0.25, -0.2) is 0 Å². The molecule has 1 aliphatic carbocycles. The van der Waals surface area contributed by atoms with Crippen molar-refractivity contribution in [2.75, 3.05) is 11.9 Å². The van der Waals surface area contributed by atoms with Gasteiger partial charge in [0.2, 0.25) is 11.8 Å². The molecule has 2 fully saturated rings. The summed E-state index contributed by atoms with van der Waals surface area (Å²) in [6.45, 7) is 2.61. The lowest BCUT2D eigenvalue weighted by atomic mass is 10.2. The molecule has 1 saturated carbocycles. The standard InChI is InChI=1S/C9H12BrNO2/c1-5(3-10)4-11-8(12)6-2-7(6)9(11)13/h5-7H,2-4H2,1H3. The van der Waals surface area contributed by atoms with Crippen molar-refractivity contribution >= 4 is 27.7 Å². The highest BCUT2D eigenvalue weighted by Gasteiger charge is 2.58. The highest BCUT2D eigenvalue weighted by atomic mass is 79.9. The van der Waals surface area contributed by atoms with Gasteiger partial charge in [-0.15, -0.1) is 0 Å². The number of halogens is 1. The van der Waals surface area contributed by atoms with Crippen LogP contribution in [0.5, 0.6) is 0 Å². The summed E-state index contributed by atoms with van der Waals surface area (Å²) in [7, 11) is 0. The Kier molecular flexibility index (Phi) is 2.18. The van der Waals surface area contributed by atoms with Crippen molar-refractivity contribution in [1.29, 1.82) is 0 Å². The SMILES string of the molecule is CC(CBr)CN1C(=O)C2CC2C1=O. The summed E-state index contributed by atoms with van der Waals surface area (Å²) in [5, 5.41) is 0.833. The lowest BCUT2D eigenvalue weighted by Gasteiger charge is -2.19. The molecule has 3 atom stereocenters. The number of nitrogens with zero attached hydrogens (tertiary/aromatic N) is 1. The molecule has 13 heavy (non-hydrogen) atoms. The second-order valence-electron chi connectivity index (χ2n) is 4.00. The van der Waals surface area contributed by atoms with Crippen molar-refractivity contribution in [3.63, 3.8) is 0 Å². The summed E-state index contributed by atoms with van der Waals surface area (Å²) >= 11 is 3.34. The largest absolute Gasteiger partial charge is 0.282 e. The number of piperidine rings is 1. The maximum Gasteiger partial charge on any atom is 0.233 e. The first kappa shape index (κ1) is 9.19. The molecule has 72 valence electrons. The van der Waals surface area contributed by atoms with Crippen molar-refractivity contribution in [1.82, 2.24) is 4.90 Å². The Morgan fingerprint density at radius 3 is 2.46 bits per heavy atom. The number of rotatable bonds is 3. The van der Waals surface area contributed by atoms with Crippen LogP contribution >= 0.6 is 15.9 Å². The van der Waals surface area contributed by atoms with Crippen LogP contribution in [-0.2, 0) is 9.59 Å². The fourth-order valence-electron chi connectivity index (χ4n) is 1.79. The third-order valence-electron chi connectivity index (χ3n) is 2.71. The summed E-state index contributed by atoms with van der Waals surface area (Å²) in [5.74, 6) is 0.570. The van der Waals surface area contributed by atoms with E-state index in [-0.39, 0.29) is 23.7 Å². The number of amides is 2. The minimum absolute atomic E-state index is 0.0509. The normalized spacial score (nSPS) is 33.5. The predicted octanol–water partition coefficient (Wildman–Crippen LogP) is 1.02. The Labute approximate surface area is 85.6 Å². The highest BCUT2D eigenvalue weighted by Crippen LogP contribution is 2.47. The average molecular weight is 246 g/mol. The van der Waals surface area contributed by atoms with E-state index in [0.29, 0.717) is 12.5 Å². The Hall–Kier alpha value is -0.380. The maximum absolute atomic E-state index is 11.5. The Morgan fingerprint density at radius 1 is 1.46 bits per heavy atom. The quantitative estimate of drug-likeness (QED) is 0.550. The van der Waals surface area contributed by atoms with Crippen LogP contribution in [0.25, 0.3) is 0 Å². The van der Waals surface area contributed by atoms with E-state index in [1.54, 1.807) is 0 Å². The molecule has 4 heteroatoms. The van der Waals surface area contributed by atoms with E-state index in [4.69, 9.17) is 0 Å². The molecule has 0 radical (unpaired) electrons.